The summed E-state index contributed by atoms with van der Waals surface area (Å²) < 4.78 is 0. The highest BCUT2D eigenvalue weighted by Gasteiger charge is 2.27. The molecule has 0 aromatic carbocycles. The lowest BCUT2D eigenvalue weighted by atomic mass is 9.71. The normalized spacial score (nSPS) is 16.4. The third-order valence-corrected chi connectivity index (χ3v) is 3.82. The van der Waals surface area contributed by atoms with Crippen molar-refractivity contribution in [2.75, 3.05) is 0 Å². The summed E-state index contributed by atoms with van der Waals surface area (Å²) in [5, 5.41) is 0. The average Bonchev–Trinajstić information content (AvgIpc) is 2.23. The van der Waals surface area contributed by atoms with Crippen molar-refractivity contribution < 1.29 is 0 Å². The van der Waals surface area contributed by atoms with Crippen molar-refractivity contribution in [3.8, 4) is 0 Å². The van der Waals surface area contributed by atoms with E-state index in [0.717, 1.165) is 6.42 Å². The molecule has 15 heavy (non-hydrogen) atoms. The van der Waals surface area contributed by atoms with Gasteiger partial charge in [-0.3, -0.25) is 0 Å². The standard InChI is InChI=1S/C15H26/c1-8-10-11-12(3)14(5)15(6,7)13(4)9-2/h8-9,11,14H,1,10H2,2-7H3. The first-order valence-corrected chi connectivity index (χ1v) is 5.78. The van der Waals surface area contributed by atoms with Crippen molar-refractivity contribution in [1.29, 1.82) is 0 Å². The molecule has 0 nitrogen and oxygen atoms in total. The Morgan fingerprint density at radius 1 is 1.33 bits per heavy atom. The van der Waals surface area contributed by atoms with Gasteiger partial charge in [-0.2, -0.15) is 0 Å². The minimum absolute atomic E-state index is 0.247. The number of rotatable bonds is 5. The number of hydrogen-bond acceptors (Lipinski definition) is 0. The van der Waals surface area contributed by atoms with E-state index in [0.29, 0.717) is 5.92 Å². The lowest BCUT2D eigenvalue weighted by molar-refractivity contribution is 0.326. The molecule has 0 bridgehead atoms. The quantitative estimate of drug-likeness (QED) is 0.546. The lowest BCUT2D eigenvalue weighted by Gasteiger charge is -2.34. The van der Waals surface area contributed by atoms with Crippen molar-refractivity contribution in [2.45, 2.75) is 48.0 Å². The van der Waals surface area contributed by atoms with Crippen LogP contribution in [0.5, 0.6) is 0 Å². The van der Waals surface area contributed by atoms with Gasteiger partial charge in [0.25, 0.3) is 0 Å². The van der Waals surface area contributed by atoms with Gasteiger partial charge in [-0.15, -0.1) is 6.58 Å². The molecule has 0 aromatic heterocycles. The molecule has 0 saturated heterocycles. The van der Waals surface area contributed by atoms with Crippen molar-refractivity contribution in [2.24, 2.45) is 11.3 Å². The molecule has 0 aliphatic carbocycles. The topological polar surface area (TPSA) is 0 Å². The molecular formula is C15H26. The summed E-state index contributed by atoms with van der Waals surface area (Å²) in [6, 6.07) is 0. The Morgan fingerprint density at radius 3 is 2.27 bits per heavy atom. The zero-order chi connectivity index (χ0) is 12.1. The largest absolute Gasteiger partial charge is 0.103 e. The fourth-order valence-electron chi connectivity index (χ4n) is 1.73. The number of hydrogen-bond donors (Lipinski definition) is 0. The molecule has 0 saturated carbocycles. The van der Waals surface area contributed by atoms with Gasteiger partial charge in [-0.05, 0) is 38.5 Å². The summed E-state index contributed by atoms with van der Waals surface area (Å²) in [4.78, 5) is 0. The highest BCUT2D eigenvalue weighted by Crippen LogP contribution is 2.38. The van der Waals surface area contributed by atoms with Gasteiger partial charge in [0.05, 0.1) is 0 Å². The van der Waals surface area contributed by atoms with Crippen LogP contribution in [0.1, 0.15) is 48.0 Å². The lowest BCUT2D eigenvalue weighted by Crippen LogP contribution is -2.23. The van der Waals surface area contributed by atoms with Crippen LogP contribution in [0.25, 0.3) is 0 Å². The molecule has 0 spiro atoms. The third-order valence-electron chi connectivity index (χ3n) is 3.82. The smallest absolute Gasteiger partial charge is 0.00849 e. The highest BCUT2D eigenvalue weighted by molar-refractivity contribution is 5.18. The summed E-state index contributed by atoms with van der Waals surface area (Å²) in [5.74, 6) is 0.577. The maximum Gasteiger partial charge on any atom is -0.00849 e. The van der Waals surface area contributed by atoms with Gasteiger partial charge in [-0.1, -0.05) is 50.1 Å². The molecule has 0 N–H and O–H groups in total. The predicted molar refractivity (Wildman–Crippen MR) is 70.9 cm³/mol. The minimum Gasteiger partial charge on any atom is -0.103 e. The van der Waals surface area contributed by atoms with Crippen LogP contribution in [-0.4, -0.2) is 0 Å². The molecule has 1 unspecified atom stereocenters. The Labute approximate surface area is 95.8 Å². The molecule has 0 rings (SSSR count). The van der Waals surface area contributed by atoms with Crippen LogP contribution >= 0.6 is 0 Å². The first-order valence-electron chi connectivity index (χ1n) is 5.78. The van der Waals surface area contributed by atoms with E-state index in [1.54, 1.807) is 0 Å². The maximum absolute atomic E-state index is 3.75. The predicted octanol–water partition coefficient (Wildman–Crippen LogP) is 5.14. The van der Waals surface area contributed by atoms with Crippen LogP contribution in [-0.2, 0) is 0 Å². The van der Waals surface area contributed by atoms with Gasteiger partial charge in [-0.25, -0.2) is 0 Å². The Kier molecular flexibility index (Phi) is 5.64. The average molecular weight is 206 g/mol. The Balaban J connectivity index is 4.83. The van der Waals surface area contributed by atoms with E-state index in [4.69, 9.17) is 0 Å². The Bertz CT molecular complexity index is 264. The summed E-state index contributed by atoms with van der Waals surface area (Å²) in [6.07, 6.45) is 7.42. The first kappa shape index (κ1) is 14.2. The van der Waals surface area contributed by atoms with E-state index < -0.39 is 0 Å². The molecule has 0 aromatic rings. The fourth-order valence-corrected chi connectivity index (χ4v) is 1.73. The zero-order valence-electron chi connectivity index (χ0n) is 11.2. The van der Waals surface area contributed by atoms with Gasteiger partial charge in [0.1, 0.15) is 0 Å². The van der Waals surface area contributed by atoms with E-state index in [1.165, 1.54) is 11.1 Å². The van der Waals surface area contributed by atoms with Crippen LogP contribution in [0.4, 0.5) is 0 Å². The van der Waals surface area contributed by atoms with Crippen LogP contribution in [0.2, 0.25) is 0 Å². The van der Waals surface area contributed by atoms with Crippen LogP contribution in [0, 0.1) is 11.3 Å². The second kappa shape index (κ2) is 5.95. The van der Waals surface area contributed by atoms with Gasteiger partial charge in [0.2, 0.25) is 0 Å². The monoisotopic (exact) mass is 206 g/mol. The van der Waals surface area contributed by atoms with E-state index >= 15 is 0 Å². The SMILES string of the molecule is C=CCC=C(C)C(C)C(C)(C)C(C)=CC. The fraction of sp³-hybridized carbons (Fsp3) is 0.600. The zero-order valence-corrected chi connectivity index (χ0v) is 11.2. The summed E-state index contributed by atoms with van der Waals surface area (Å²) in [7, 11) is 0. The van der Waals surface area contributed by atoms with Gasteiger partial charge in [0, 0.05) is 0 Å². The van der Waals surface area contributed by atoms with E-state index in [2.05, 4.69) is 60.3 Å². The summed E-state index contributed by atoms with van der Waals surface area (Å²) >= 11 is 0. The molecule has 0 amide bonds. The number of allylic oxidation sites excluding steroid dienone is 5. The van der Waals surface area contributed by atoms with Crippen molar-refractivity contribution in [1.82, 2.24) is 0 Å². The molecule has 0 aliphatic rings. The second-order valence-electron chi connectivity index (χ2n) is 4.89. The van der Waals surface area contributed by atoms with Crippen molar-refractivity contribution in [3.05, 3.63) is 36.0 Å². The van der Waals surface area contributed by atoms with Crippen LogP contribution in [0.15, 0.2) is 36.0 Å². The minimum atomic E-state index is 0.247. The molecule has 0 fully saturated rings. The Hall–Kier alpha value is -0.780. The Morgan fingerprint density at radius 2 is 1.87 bits per heavy atom. The first-order chi connectivity index (χ1) is 6.87. The molecule has 0 aliphatic heterocycles. The molecule has 1 atom stereocenters. The molecule has 0 heteroatoms. The molecular weight excluding hydrogens is 180 g/mol. The summed E-state index contributed by atoms with van der Waals surface area (Å²) in [6.45, 7) is 17.3. The third kappa shape index (κ3) is 3.70. The van der Waals surface area contributed by atoms with Crippen LogP contribution in [0.3, 0.4) is 0 Å². The van der Waals surface area contributed by atoms with Gasteiger partial charge in [0.15, 0.2) is 0 Å². The van der Waals surface area contributed by atoms with E-state index in [1.807, 2.05) is 6.08 Å². The maximum atomic E-state index is 3.75. The van der Waals surface area contributed by atoms with E-state index in [-0.39, 0.29) is 5.41 Å². The highest BCUT2D eigenvalue weighted by atomic mass is 14.3. The molecule has 0 radical (unpaired) electrons. The van der Waals surface area contributed by atoms with E-state index in [9.17, 15) is 0 Å². The van der Waals surface area contributed by atoms with Crippen molar-refractivity contribution >= 4 is 0 Å². The molecule has 86 valence electrons. The second-order valence-corrected chi connectivity index (χ2v) is 4.89. The van der Waals surface area contributed by atoms with Crippen molar-refractivity contribution in [3.63, 3.8) is 0 Å². The molecule has 0 heterocycles. The van der Waals surface area contributed by atoms with Gasteiger partial charge >= 0.3 is 0 Å². The van der Waals surface area contributed by atoms with Gasteiger partial charge < -0.3 is 0 Å². The summed E-state index contributed by atoms with van der Waals surface area (Å²) in [5.41, 5.74) is 3.17. The van der Waals surface area contributed by atoms with Crippen LogP contribution < -0.4 is 0 Å².